The fraction of sp³-hybridized carbons (Fsp3) is 0.312. The molecule has 38 heavy (non-hydrogen) atoms. The molecular formula is C32H34ClNO4. The molecule has 0 aliphatic carbocycles. The number of hydrogen-bond acceptors (Lipinski definition) is 4. The number of methoxy groups -OCH3 is 1. The van der Waals surface area contributed by atoms with Crippen LogP contribution in [0.2, 0.25) is 5.02 Å². The van der Waals surface area contributed by atoms with Crippen LogP contribution in [-0.2, 0) is 15.0 Å². The standard InChI is InChI=1S/C32H34ClNO4/c1-18(2)24-16-21(11-15-26(24)38-7)29(35)27-28(20-9-12-22(13-10-20)32(4,5)6)34(31(37)30(27)36)23-14-8-19(3)25(33)17-23/h8-18,28,35H,1-7H3/b29-27-. The van der Waals surface area contributed by atoms with Gasteiger partial charge in [0, 0.05) is 16.3 Å². The summed E-state index contributed by atoms with van der Waals surface area (Å²) >= 11 is 6.42. The maximum atomic E-state index is 13.5. The molecule has 0 saturated carbocycles. The van der Waals surface area contributed by atoms with Crippen molar-refractivity contribution in [2.75, 3.05) is 12.0 Å². The van der Waals surface area contributed by atoms with Gasteiger partial charge < -0.3 is 9.84 Å². The van der Waals surface area contributed by atoms with Gasteiger partial charge >= 0.3 is 0 Å². The molecule has 0 bridgehead atoms. The van der Waals surface area contributed by atoms with E-state index in [0.717, 1.165) is 16.7 Å². The Bertz CT molecular complexity index is 1430. The molecule has 1 fully saturated rings. The molecule has 5 nitrogen and oxygen atoms in total. The van der Waals surface area contributed by atoms with Gasteiger partial charge in [-0.1, -0.05) is 76.6 Å². The zero-order valence-electron chi connectivity index (χ0n) is 22.9. The van der Waals surface area contributed by atoms with Crippen molar-refractivity contribution in [2.24, 2.45) is 0 Å². The highest BCUT2D eigenvalue weighted by molar-refractivity contribution is 6.51. The maximum Gasteiger partial charge on any atom is 0.300 e. The maximum absolute atomic E-state index is 13.5. The molecule has 1 N–H and O–H groups in total. The first-order valence-corrected chi connectivity index (χ1v) is 13.1. The second-order valence-electron chi connectivity index (χ2n) is 11.1. The summed E-state index contributed by atoms with van der Waals surface area (Å²) in [4.78, 5) is 28.5. The van der Waals surface area contributed by atoms with Gasteiger partial charge in [0.05, 0.1) is 18.7 Å². The summed E-state index contributed by atoms with van der Waals surface area (Å²) in [6.07, 6.45) is 0. The number of amides is 1. The Hall–Kier alpha value is -3.57. The van der Waals surface area contributed by atoms with Crippen LogP contribution in [0.25, 0.3) is 5.76 Å². The van der Waals surface area contributed by atoms with E-state index in [4.69, 9.17) is 16.3 Å². The summed E-state index contributed by atoms with van der Waals surface area (Å²) < 4.78 is 5.49. The van der Waals surface area contributed by atoms with Gasteiger partial charge in [0.2, 0.25) is 0 Å². The van der Waals surface area contributed by atoms with Crippen LogP contribution < -0.4 is 9.64 Å². The number of nitrogens with zero attached hydrogens (tertiary/aromatic N) is 1. The van der Waals surface area contributed by atoms with E-state index in [9.17, 15) is 14.7 Å². The SMILES string of the molecule is COc1ccc(/C(O)=C2/C(=O)C(=O)N(c3ccc(C)c(Cl)c3)C2c2ccc(C(C)(C)C)cc2)cc1C(C)C. The minimum absolute atomic E-state index is 0.0371. The van der Waals surface area contributed by atoms with Gasteiger partial charge in [-0.05, 0) is 70.8 Å². The number of carbonyl (C=O) groups is 2. The molecule has 1 atom stereocenters. The zero-order valence-corrected chi connectivity index (χ0v) is 23.7. The number of benzene rings is 3. The molecule has 1 aliphatic heterocycles. The summed E-state index contributed by atoms with van der Waals surface area (Å²) in [6, 6.07) is 17.6. The van der Waals surface area contributed by atoms with Gasteiger partial charge in [-0.2, -0.15) is 0 Å². The third-order valence-electron chi connectivity index (χ3n) is 7.10. The number of anilines is 1. The fourth-order valence-corrected chi connectivity index (χ4v) is 4.97. The highest BCUT2D eigenvalue weighted by atomic mass is 35.5. The lowest BCUT2D eigenvalue weighted by atomic mass is 9.85. The lowest BCUT2D eigenvalue weighted by Crippen LogP contribution is -2.29. The average Bonchev–Trinajstić information content (AvgIpc) is 3.14. The summed E-state index contributed by atoms with van der Waals surface area (Å²) in [5, 5.41) is 12.1. The summed E-state index contributed by atoms with van der Waals surface area (Å²) in [7, 11) is 1.60. The molecule has 0 spiro atoms. The summed E-state index contributed by atoms with van der Waals surface area (Å²) in [6.45, 7) is 12.3. The van der Waals surface area contributed by atoms with Crippen molar-refractivity contribution in [3.8, 4) is 5.75 Å². The second kappa shape index (κ2) is 10.3. The smallest absolute Gasteiger partial charge is 0.300 e. The van der Waals surface area contributed by atoms with Crippen LogP contribution in [0, 0.1) is 6.92 Å². The largest absolute Gasteiger partial charge is 0.507 e. The number of carbonyl (C=O) groups excluding carboxylic acids is 2. The van der Waals surface area contributed by atoms with Crippen molar-refractivity contribution in [2.45, 2.75) is 58.9 Å². The lowest BCUT2D eigenvalue weighted by Gasteiger charge is -2.27. The van der Waals surface area contributed by atoms with Crippen LogP contribution in [-0.4, -0.2) is 23.9 Å². The van der Waals surface area contributed by atoms with E-state index in [2.05, 4.69) is 20.8 Å². The molecule has 0 radical (unpaired) electrons. The van der Waals surface area contributed by atoms with E-state index in [0.29, 0.717) is 27.6 Å². The first kappa shape index (κ1) is 27.5. The molecule has 3 aromatic rings. The normalized spacial score (nSPS) is 17.4. The van der Waals surface area contributed by atoms with Gasteiger partial charge in [0.15, 0.2) is 0 Å². The van der Waals surface area contributed by atoms with Crippen molar-refractivity contribution in [1.82, 2.24) is 0 Å². The van der Waals surface area contributed by atoms with Gasteiger partial charge in [-0.15, -0.1) is 0 Å². The zero-order chi connectivity index (χ0) is 27.9. The number of aryl methyl sites for hydroxylation is 1. The van der Waals surface area contributed by atoms with Gasteiger partial charge in [-0.25, -0.2) is 0 Å². The first-order valence-electron chi connectivity index (χ1n) is 12.7. The van der Waals surface area contributed by atoms with E-state index in [-0.39, 0.29) is 22.7 Å². The monoisotopic (exact) mass is 531 g/mol. The predicted octanol–water partition coefficient (Wildman–Crippen LogP) is 7.70. The van der Waals surface area contributed by atoms with Crippen LogP contribution in [0.15, 0.2) is 66.2 Å². The number of rotatable bonds is 5. The minimum Gasteiger partial charge on any atom is -0.507 e. The van der Waals surface area contributed by atoms with E-state index < -0.39 is 17.7 Å². The quantitative estimate of drug-likeness (QED) is 0.208. The number of ether oxygens (including phenoxy) is 1. The Morgan fingerprint density at radius 3 is 2.21 bits per heavy atom. The lowest BCUT2D eigenvalue weighted by molar-refractivity contribution is -0.132. The molecule has 1 aliphatic rings. The van der Waals surface area contributed by atoms with E-state index in [1.165, 1.54) is 4.90 Å². The van der Waals surface area contributed by atoms with Crippen molar-refractivity contribution in [3.05, 3.63) is 99.1 Å². The Kier molecular flexibility index (Phi) is 7.44. The second-order valence-corrected chi connectivity index (χ2v) is 11.5. The molecule has 198 valence electrons. The molecule has 1 heterocycles. The Labute approximate surface area is 229 Å². The molecule has 4 rings (SSSR count). The predicted molar refractivity (Wildman–Crippen MR) is 153 cm³/mol. The first-order chi connectivity index (χ1) is 17.8. The number of aliphatic hydroxyl groups is 1. The van der Waals surface area contributed by atoms with Gasteiger partial charge in [0.25, 0.3) is 11.7 Å². The number of hydrogen-bond donors (Lipinski definition) is 1. The molecule has 3 aromatic carbocycles. The van der Waals surface area contributed by atoms with Gasteiger partial charge in [0.1, 0.15) is 11.5 Å². The van der Waals surface area contributed by atoms with E-state index in [1.54, 1.807) is 31.4 Å². The van der Waals surface area contributed by atoms with Crippen LogP contribution in [0.1, 0.15) is 74.4 Å². The highest BCUT2D eigenvalue weighted by Crippen LogP contribution is 2.44. The Balaban J connectivity index is 1.95. The van der Waals surface area contributed by atoms with Crippen molar-refractivity contribution in [1.29, 1.82) is 0 Å². The van der Waals surface area contributed by atoms with Crippen molar-refractivity contribution in [3.63, 3.8) is 0 Å². The number of ketones is 1. The third-order valence-corrected chi connectivity index (χ3v) is 7.50. The van der Waals surface area contributed by atoms with Crippen molar-refractivity contribution < 1.29 is 19.4 Å². The Morgan fingerprint density at radius 1 is 1.00 bits per heavy atom. The number of halogens is 1. The summed E-state index contributed by atoms with van der Waals surface area (Å²) in [5.74, 6) is -0.866. The van der Waals surface area contributed by atoms with Gasteiger partial charge in [-0.3, -0.25) is 14.5 Å². The van der Waals surface area contributed by atoms with Crippen LogP contribution in [0.5, 0.6) is 5.75 Å². The fourth-order valence-electron chi connectivity index (χ4n) is 4.80. The van der Waals surface area contributed by atoms with Crippen LogP contribution >= 0.6 is 11.6 Å². The topological polar surface area (TPSA) is 66.8 Å². The number of aliphatic hydroxyl groups excluding tert-OH is 1. The molecule has 0 aromatic heterocycles. The molecule has 1 amide bonds. The summed E-state index contributed by atoms with van der Waals surface area (Å²) in [5.41, 5.74) is 4.49. The van der Waals surface area contributed by atoms with E-state index >= 15 is 0 Å². The minimum atomic E-state index is -0.826. The Morgan fingerprint density at radius 2 is 1.66 bits per heavy atom. The molecule has 6 heteroatoms. The third kappa shape index (κ3) is 4.95. The van der Waals surface area contributed by atoms with Crippen molar-refractivity contribution >= 4 is 34.7 Å². The highest BCUT2D eigenvalue weighted by Gasteiger charge is 2.47. The van der Waals surface area contributed by atoms with Crippen LogP contribution in [0.3, 0.4) is 0 Å². The van der Waals surface area contributed by atoms with Crippen LogP contribution in [0.4, 0.5) is 5.69 Å². The molecule has 1 saturated heterocycles. The average molecular weight is 532 g/mol. The van der Waals surface area contributed by atoms with E-state index in [1.807, 2.05) is 57.2 Å². The number of Topliss-reactive ketones (excluding diaryl/α,β-unsaturated/α-hetero) is 1. The molecular weight excluding hydrogens is 498 g/mol. The molecule has 1 unspecified atom stereocenters.